The highest BCUT2D eigenvalue weighted by Gasteiger charge is 2.46. The number of rotatable bonds is 3. The van der Waals surface area contributed by atoms with Crippen molar-refractivity contribution in [2.24, 2.45) is 11.7 Å². The SMILES string of the molecule is CCC1CCC(C)N1C1(CN)CCCC(C)C1. The monoisotopic (exact) mass is 238 g/mol. The van der Waals surface area contributed by atoms with Gasteiger partial charge in [0.25, 0.3) is 0 Å². The molecule has 1 saturated carbocycles. The third-order valence-electron chi connectivity index (χ3n) is 5.25. The zero-order valence-electron chi connectivity index (χ0n) is 11.9. The van der Waals surface area contributed by atoms with Gasteiger partial charge in [0, 0.05) is 24.2 Å². The molecule has 0 amide bonds. The first-order chi connectivity index (χ1) is 8.13. The Labute approximate surface area is 107 Å². The van der Waals surface area contributed by atoms with Crippen LogP contribution in [0.2, 0.25) is 0 Å². The van der Waals surface area contributed by atoms with Gasteiger partial charge in [0.1, 0.15) is 0 Å². The Bertz CT molecular complexity index is 253. The quantitative estimate of drug-likeness (QED) is 0.818. The Hall–Kier alpha value is -0.0800. The fraction of sp³-hybridized carbons (Fsp3) is 1.00. The maximum absolute atomic E-state index is 6.22. The van der Waals surface area contributed by atoms with Crippen molar-refractivity contribution in [2.45, 2.75) is 83.3 Å². The summed E-state index contributed by atoms with van der Waals surface area (Å²) in [6, 6.07) is 1.53. The molecule has 100 valence electrons. The lowest BCUT2D eigenvalue weighted by atomic mass is 9.74. The minimum absolute atomic E-state index is 0.328. The van der Waals surface area contributed by atoms with Crippen LogP contribution in [0.15, 0.2) is 0 Å². The van der Waals surface area contributed by atoms with Crippen LogP contribution in [0.25, 0.3) is 0 Å². The van der Waals surface area contributed by atoms with E-state index in [1.807, 2.05) is 0 Å². The van der Waals surface area contributed by atoms with Crippen LogP contribution in [-0.4, -0.2) is 29.1 Å². The van der Waals surface area contributed by atoms with Crippen LogP contribution < -0.4 is 5.73 Å². The Morgan fingerprint density at radius 2 is 2.00 bits per heavy atom. The third-order valence-corrected chi connectivity index (χ3v) is 5.25. The van der Waals surface area contributed by atoms with Crippen LogP contribution in [0.3, 0.4) is 0 Å². The van der Waals surface area contributed by atoms with Crippen LogP contribution in [-0.2, 0) is 0 Å². The summed E-state index contributed by atoms with van der Waals surface area (Å²) in [6.07, 6.45) is 9.47. The zero-order chi connectivity index (χ0) is 12.5. The third kappa shape index (κ3) is 2.39. The molecule has 0 aromatic carbocycles. The van der Waals surface area contributed by atoms with Crippen molar-refractivity contribution >= 4 is 0 Å². The van der Waals surface area contributed by atoms with Gasteiger partial charge in [0.2, 0.25) is 0 Å². The highest BCUT2D eigenvalue weighted by atomic mass is 15.3. The van der Waals surface area contributed by atoms with Crippen LogP contribution in [0.5, 0.6) is 0 Å². The summed E-state index contributed by atoms with van der Waals surface area (Å²) in [5.41, 5.74) is 6.55. The summed E-state index contributed by atoms with van der Waals surface area (Å²) in [5, 5.41) is 0. The number of hydrogen-bond donors (Lipinski definition) is 1. The van der Waals surface area contributed by atoms with Crippen molar-refractivity contribution in [1.82, 2.24) is 4.90 Å². The van der Waals surface area contributed by atoms with E-state index in [0.29, 0.717) is 5.54 Å². The summed E-state index contributed by atoms with van der Waals surface area (Å²) in [6.45, 7) is 8.02. The Kier molecular flexibility index (Phi) is 4.14. The molecule has 0 radical (unpaired) electrons. The molecule has 2 rings (SSSR count). The number of nitrogens with two attached hydrogens (primary N) is 1. The van der Waals surface area contributed by atoms with Gasteiger partial charge in [-0.2, -0.15) is 0 Å². The minimum atomic E-state index is 0.328. The molecule has 2 heteroatoms. The maximum atomic E-state index is 6.22. The molecule has 1 heterocycles. The van der Waals surface area contributed by atoms with Crippen LogP contribution >= 0.6 is 0 Å². The second-order valence-electron chi connectivity index (χ2n) is 6.53. The second-order valence-corrected chi connectivity index (χ2v) is 6.53. The highest BCUT2D eigenvalue weighted by molar-refractivity contribution is 5.02. The average Bonchev–Trinajstić information content (AvgIpc) is 2.71. The van der Waals surface area contributed by atoms with Crippen molar-refractivity contribution in [3.05, 3.63) is 0 Å². The fourth-order valence-corrected chi connectivity index (χ4v) is 4.48. The standard InChI is InChI=1S/C15H30N2/c1-4-14-8-7-13(3)17(14)15(11-16)9-5-6-12(2)10-15/h12-14H,4-11,16H2,1-3H3. The molecule has 2 fully saturated rings. The van der Waals surface area contributed by atoms with Gasteiger partial charge in [0.15, 0.2) is 0 Å². The normalized spacial score (nSPS) is 44.1. The van der Waals surface area contributed by atoms with Gasteiger partial charge in [-0.1, -0.05) is 26.7 Å². The van der Waals surface area contributed by atoms with Crippen LogP contribution in [0.1, 0.15) is 65.7 Å². The molecule has 2 nitrogen and oxygen atoms in total. The summed E-state index contributed by atoms with van der Waals surface area (Å²) < 4.78 is 0. The first-order valence-electron chi connectivity index (χ1n) is 7.61. The molecule has 0 aromatic rings. The molecular formula is C15H30N2. The van der Waals surface area contributed by atoms with Crippen molar-refractivity contribution in [1.29, 1.82) is 0 Å². The lowest BCUT2D eigenvalue weighted by molar-refractivity contribution is 0.00273. The molecule has 1 aliphatic carbocycles. The van der Waals surface area contributed by atoms with E-state index in [4.69, 9.17) is 5.73 Å². The van der Waals surface area contributed by atoms with Gasteiger partial charge in [-0.05, 0) is 44.9 Å². The summed E-state index contributed by atoms with van der Waals surface area (Å²) in [4.78, 5) is 2.82. The van der Waals surface area contributed by atoms with E-state index in [0.717, 1.165) is 24.5 Å². The van der Waals surface area contributed by atoms with Gasteiger partial charge >= 0.3 is 0 Å². The first-order valence-corrected chi connectivity index (χ1v) is 7.61. The molecule has 4 unspecified atom stereocenters. The molecule has 1 aliphatic heterocycles. The van der Waals surface area contributed by atoms with Gasteiger partial charge < -0.3 is 5.73 Å². The lowest BCUT2D eigenvalue weighted by Crippen LogP contribution is -2.59. The molecule has 0 bridgehead atoms. The second kappa shape index (κ2) is 5.27. The molecule has 0 spiro atoms. The number of likely N-dealkylation sites (tertiary alicyclic amines) is 1. The van der Waals surface area contributed by atoms with Gasteiger partial charge in [-0.3, -0.25) is 4.90 Å². The van der Waals surface area contributed by atoms with E-state index in [2.05, 4.69) is 25.7 Å². The van der Waals surface area contributed by atoms with Crippen molar-refractivity contribution in [3.8, 4) is 0 Å². The van der Waals surface area contributed by atoms with Gasteiger partial charge in [0.05, 0.1) is 0 Å². The molecule has 17 heavy (non-hydrogen) atoms. The minimum Gasteiger partial charge on any atom is -0.329 e. The maximum Gasteiger partial charge on any atom is 0.0340 e. The summed E-state index contributed by atoms with van der Waals surface area (Å²) in [7, 11) is 0. The molecule has 4 atom stereocenters. The summed E-state index contributed by atoms with van der Waals surface area (Å²) >= 11 is 0. The smallest absolute Gasteiger partial charge is 0.0340 e. The molecule has 0 aromatic heterocycles. The first kappa shape index (κ1) is 13.4. The summed E-state index contributed by atoms with van der Waals surface area (Å²) in [5.74, 6) is 0.859. The predicted octanol–water partition coefficient (Wildman–Crippen LogP) is 3.16. The molecule has 1 saturated heterocycles. The average molecular weight is 238 g/mol. The van der Waals surface area contributed by atoms with E-state index >= 15 is 0 Å². The Balaban J connectivity index is 2.20. The van der Waals surface area contributed by atoms with Gasteiger partial charge in [-0.15, -0.1) is 0 Å². The predicted molar refractivity (Wildman–Crippen MR) is 74.0 cm³/mol. The highest BCUT2D eigenvalue weighted by Crippen LogP contribution is 2.42. The van der Waals surface area contributed by atoms with Gasteiger partial charge in [-0.25, -0.2) is 0 Å². The fourth-order valence-electron chi connectivity index (χ4n) is 4.48. The topological polar surface area (TPSA) is 29.3 Å². The van der Waals surface area contributed by atoms with Crippen molar-refractivity contribution in [2.75, 3.05) is 6.54 Å². The largest absolute Gasteiger partial charge is 0.329 e. The van der Waals surface area contributed by atoms with E-state index in [9.17, 15) is 0 Å². The van der Waals surface area contributed by atoms with E-state index < -0.39 is 0 Å². The van der Waals surface area contributed by atoms with E-state index in [-0.39, 0.29) is 0 Å². The lowest BCUT2D eigenvalue weighted by Gasteiger charge is -2.50. The van der Waals surface area contributed by atoms with Crippen molar-refractivity contribution < 1.29 is 0 Å². The van der Waals surface area contributed by atoms with E-state index in [1.165, 1.54) is 44.9 Å². The molecule has 2 aliphatic rings. The van der Waals surface area contributed by atoms with E-state index in [1.54, 1.807) is 0 Å². The molecule has 2 N–H and O–H groups in total. The van der Waals surface area contributed by atoms with Crippen LogP contribution in [0, 0.1) is 5.92 Å². The Morgan fingerprint density at radius 1 is 1.24 bits per heavy atom. The van der Waals surface area contributed by atoms with Crippen molar-refractivity contribution in [3.63, 3.8) is 0 Å². The van der Waals surface area contributed by atoms with Crippen LogP contribution in [0.4, 0.5) is 0 Å². The number of nitrogens with zero attached hydrogens (tertiary/aromatic N) is 1. The zero-order valence-corrected chi connectivity index (χ0v) is 11.9. The molecular weight excluding hydrogens is 208 g/mol. The number of hydrogen-bond acceptors (Lipinski definition) is 2. The Morgan fingerprint density at radius 3 is 2.59 bits per heavy atom.